The highest BCUT2D eigenvalue weighted by Gasteiger charge is 2.44. The van der Waals surface area contributed by atoms with E-state index >= 15 is 0 Å². The number of amides is 4. The van der Waals surface area contributed by atoms with Crippen LogP contribution in [0.15, 0.2) is 18.2 Å². The van der Waals surface area contributed by atoms with Crippen LogP contribution >= 0.6 is 0 Å². The molecular formula is C15H14N2O7. The molecule has 0 bridgehead atoms. The van der Waals surface area contributed by atoms with Gasteiger partial charge in [0.2, 0.25) is 11.8 Å². The Hall–Kier alpha value is -2.78. The molecule has 0 spiro atoms. The number of imide groups is 2. The molecule has 2 heterocycles. The zero-order chi connectivity index (χ0) is 17.3. The average Bonchev–Trinajstić information content (AvgIpc) is 2.80. The molecule has 2 N–H and O–H groups in total. The molecule has 3 rings (SSSR count). The van der Waals surface area contributed by atoms with Gasteiger partial charge in [-0.05, 0) is 24.6 Å². The van der Waals surface area contributed by atoms with Crippen molar-refractivity contribution in [2.45, 2.75) is 18.9 Å². The third-order valence-corrected chi connectivity index (χ3v) is 3.74. The summed E-state index contributed by atoms with van der Waals surface area (Å²) in [7, 11) is 0. The van der Waals surface area contributed by atoms with Gasteiger partial charge >= 0.3 is 0 Å². The summed E-state index contributed by atoms with van der Waals surface area (Å²) in [5.41, 5.74) is 0.244. The van der Waals surface area contributed by atoms with E-state index in [0.717, 1.165) is 4.90 Å². The first-order valence-electron chi connectivity index (χ1n) is 7.29. The van der Waals surface area contributed by atoms with Crippen molar-refractivity contribution in [2.75, 3.05) is 13.2 Å². The van der Waals surface area contributed by atoms with Crippen LogP contribution in [0, 0.1) is 0 Å². The molecule has 1 aromatic carbocycles. The molecule has 1 saturated heterocycles. The van der Waals surface area contributed by atoms with Gasteiger partial charge in [0, 0.05) is 6.42 Å². The molecule has 1 aromatic rings. The highest BCUT2D eigenvalue weighted by Crippen LogP contribution is 2.30. The van der Waals surface area contributed by atoms with E-state index in [4.69, 9.17) is 14.9 Å². The Kier molecular flexibility index (Phi) is 4.28. The number of hydrogen-bond donors (Lipinski definition) is 2. The Balaban J connectivity index is 1.83. The lowest BCUT2D eigenvalue weighted by molar-refractivity contribution is -0.212. The van der Waals surface area contributed by atoms with E-state index in [1.807, 2.05) is 0 Å². The van der Waals surface area contributed by atoms with Gasteiger partial charge in [-0.25, -0.2) is 0 Å². The maximum atomic E-state index is 12.5. The number of aliphatic hydroxyl groups excluding tert-OH is 1. The number of benzene rings is 1. The van der Waals surface area contributed by atoms with E-state index in [9.17, 15) is 19.2 Å². The van der Waals surface area contributed by atoms with Crippen LogP contribution in [0.5, 0.6) is 5.75 Å². The molecule has 2 aliphatic heterocycles. The molecule has 1 unspecified atom stereocenters. The molecule has 9 nitrogen and oxygen atoms in total. The molecule has 2 aliphatic rings. The minimum Gasteiger partial charge on any atom is -0.394 e. The van der Waals surface area contributed by atoms with Crippen molar-refractivity contribution in [1.82, 2.24) is 10.2 Å². The molecule has 9 heteroatoms. The van der Waals surface area contributed by atoms with Crippen molar-refractivity contribution >= 4 is 23.6 Å². The van der Waals surface area contributed by atoms with Crippen LogP contribution in [-0.4, -0.2) is 52.9 Å². The van der Waals surface area contributed by atoms with Crippen molar-refractivity contribution < 1.29 is 34.1 Å². The Labute approximate surface area is 136 Å². The SMILES string of the molecule is O=C1CCC(N2C(=O)c3ccc(OOCCO)cc3C2=O)C(=O)N1. The fourth-order valence-corrected chi connectivity index (χ4v) is 2.65. The van der Waals surface area contributed by atoms with Gasteiger partial charge in [0.15, 0.2) is 5.75 Å². The van der Waals surface area contributed by atoms with Crippen LogP contribution in [0.3, 0.4) is 0 Å². The maximum absolute atomic E-state index is 12.5. The number of piperidine rings is 1. The van der Waals surface area contributed by atoms with Gasteiger partial charge in [0.05, 0.1) is 17.7 Å². The number of carbonyl (C=O) groups excluding carboxylic acids is 4. The Morgan fingerprint density at radius 3 is 2.62 bits per heavy atom. The van der Waals surface area contributed by atoms with Gasteiger partial charge in [0.1, 0.15) is 12.6 Å². The zero-order valence-electron chi connectivity index (χ0n) is 12.5. The first-order valence-corrected chi connectivity index (χ1v) is 7.29. The van der Waals surface area contributed by atoms with Gasteiger partial charge in [-0.2, -0.15) is 4.89 Å². The summed E-state index contributed by atoms with van der Waals surface area (Å²) in [6.45, 7) is -0.280. The summed E-state index contributed by atoms with van der Waals surface area (Å²) in [6.07, 6.45) is 0.159. The first kappa shape index (κ1) is 16.1. The molecule has 1 atom stereocenters. The van der Waals surface area contributed by atoms with E-state index < -0.39 is 29.7 Å². The zero-order valence-corrected chi connectivity index (χ0v) is 12.5. The predicted molar refractivity (Wildman–Crippen MR) is 76.8 cm³/mol. The normalized spacial score (nSPS) is 20.2. The number of carbonyl (C=O) groups is 4. The Morgan fingerprint density at radius 1 is 1.17 bits per heavy atom. The quantitative estimate of drug-likeness (QED) is 0.319. The fourth-order valence-electron chi connectivity index (χ4n) is 2.65. The van der Waals surface area contributed by atoms with E-state index in [1.165, 1.54) is 18.2 Å². The van der Waals surface area contributed by atoms with Gasteiger partial charge < -0.3 is 9.99 Å². The van der Waals surface area contributed by atoms with Gasteiger partial charge in [-0.15, -0.1) is 0 Å². The lowest BCUT2D eigenvalue weighted by atomic mass is 10.0. The molecule has 24 heavy (non-hydrogen) atoms. The number of aliphatic hydroxyl groups is 1. The molecule has 4 amide bonds. The number of fused-ring (bicyclic) bond motifs is 1. The van der Waals surface area contributed by atoms with Crippen LogP contribution in [0.25, 0.3) is 0 Å². The molecule has 0 aromatic heterocycles. The summed E-state index contributed by atoms with van der Waals surface area (Å²) in [5.74, 6) is -2.12. The highest BCUT2D eigenvalue weighted by molar-refractivity contribution is 6.23. The van der Waals surface area contributed by atoms with E-state index in [1.54, 1.807) is 0 Å². The maximum Gasteiger partial charge on any atom is 0.262 e. The van der Waals surface area contributed by atoms with E-state index in [0.29, 0.717) is 0 Å². The number of rotatable bonds is 5. The summed E-state index contributed by atoms with van der Waals surface area (Å²) < 4.78 is 0. The third kappa shape index (κ3) is 2.74. The smallest absolute Gasteiger partial charge is 0.262 e. The molecule has 1 fully saturated rings. The number of hydrogen-bond acceptors (Lipinski definition) is 7. The second-order valence-corrected chi connectivity index (χ2v) is 5.28. The summed E-state index contributed by atoms with van der Waals surface area (Å²) in [4.78, 5) is 58.6. The van der Waals surface area contributed by atoms with Crippen LogP contribution in [0.4, 0.5) is 0 Å². The van der Waals surface area contributed by atoms with Crippen LogP contribution < -0.4 is 10.2 Å². The molecular weight excluding hydrogens is 320 g/mol. The van der Waals surface area contributed by atoms with Crippen LogP contribution in [-0.2, 0) is 14.5 Å². The third-order valence-electron chi connectivity index (χ3n) is 3.74. The molecule has 126 valence electrons. The van der Waals surface area contributed by atoms with Gasteiger partial charge in [0.25, 0.3) is 11.8 Å². The van der Waals surface area contributed by atoms with Gasteiger partial charge in [-0.3, -0.25) is 29.4 Å². The van der Waals surface area contributed by atoms with Gasteiger partial charge in [-0.1, -0.05) is 0 Å². The average molecular weight is 334 g/mol. The number of nitrogens with one attached hydrogen (secondary N) is 1. The molecule has 0 radical (unpaired) electrons. The summed E-state index contributed by atoms with van der Waals surface area (Å²) in [6, 6.07) is 3.16. The molecule has 0 saturated carbocycles. The second-order valence-electron chi connectivity index (χ2n) is 5.28. The Bertz CT molecular complexity index is 731. The van der Waals surface area contributed by atoms with Crippen molar-refractivity contribution in [3.05, 3.63) is 29.3 Å². The minimum absolute atomic E-state index is 0.0492. The van der Waals surface area contributed by atoms with E-state index in [-0.39, 0.29) is 42.9 Å². The van der Waals surface area contributed by atoms with Crippen molar-refractivity contribution in [1.29, 1.82) is 0 Å². The monoisotopic (exact) mass is 334 g/mol. The van der Waals surface area contributed by atoms with Crippen molar-refractivity contribution in [3.8, 4) is 5.75 Å². The van der Waals surface area contributed by atoms with Crippen molar-refractivity contribution in [2.24, 2.45) is 0 Å². The summed E-state index contributed by atoms with van der Waals surface area (Å²) >= 11 is 0. The lowest BCUT2D eigenvalue weighted by Gasteiger charge is -2.27. The Morgan fingerprint density at radius 2 is 1.92 bits per heavy atom. The fraction of sp³-hybridized carbons (Fsp3) is 0.333. The molecule has 0 aliphatic carbocycles. The lowest BCUT2D eigenvalue weighted by Crippen LogP contribution is -2.54. The standard InChI is InChI=1S/C15H14N2O7/c18-5-6-23-24-8-1-2-9-10(7-8)15(22)17(14(9)21)11-3-4-12(19)16-13(11)20/h1-2,7,11,18H,3-6H2,(H,16,19,20). The van der Waals surface area contributed by atoms with Crippen molar-refractivity contribution in [3.63, 3.8) is 0 Å². The highest BCUT2D eigenvalue weighted by atomic mass is 17.2. The predicted octanol–water partition coefficient (Wildman–Crippen LogP) is -0.610. The van der Waals surface area contributed by atoms with E-state index in [2.05, 4.69) is 5.32 Å². The minimum atomic E-state index is -1.01. The first-order chi connectivity index (χ1) is 11.5. The number of nitrogens with zero attached hydrogens (tertiary/aromatic N) is 1. The largest absolute Gasteiger partial charge is 0.394 e. The van der Waals surface area contributed by atoms with Crippen LogP contribution in [0.2, 0.25) is 0 Å². The summed E-state index contributed by atoms with van der Waals surface area (Å²) in [5, 5.41) is 10.8. The van der Waals surface area contributed by atoms with Crippen LogP contribution in [0.1, 0.15) is 33.6 Å². The topological polar surface area (TPSA) is 122 Å². The second kappa shape index (κ2) is 6.38.